The highest BCUT2D eigenvalue weighted by atomic mass is 79.9. The third-order valence-electron chi connectivity index (χ3n) is 3.89. The summed E-state index contributed by atoms with van der Waals surface area (Å²) in [5.41, 5.74) is 2.26. The summed E-state index contributed by atoms with van der Waals surface area (Å²) < 4.78 is 11.8. The zero-order valence-corrected chi connectivity index (χ0v) is 16.1. The number of ether oxygens (including phenoxy) is 1. The standard InChI is InChI=1S/C19H17BrN2O4/c1-10-14-8-12(20)4-7-17(14)26-18(10)19(24)22-16-9-13(25-3)5-6-15(16)21-11(2)23/h4-9H,1-3H3,(H,21,23)(H,22,24). The Morgan fingerprint density at radius 1 is 1.08 bits per heavy atom. The zero-order valence-electron chi connectivity index (χ0n) is 14.5. The van der Waals surface area contributed by atoms with Crippen LogP contribution in [0.5, 0.6) is 5.75 Å². The van der Waals surface area contributed by atoms with Crippen LogP contribution < -0.4 is 15.4 Å². The second kappa shape index (κ2) is 7.21. The first kappa shape index (κ1) is 18.0. The molecule has 2 amide bonds. The summed E-state index contributed by atoms with van der Waals surface area (Å²) in [4.78, 5) is 24.2. The molecule has 0 bridgehead atoms. The Kier molecular flexibility index (Phi) is 4.99. The lowest BCUT2D eigenvalue weighted by Crippen LogP contribution is -2.15. The number of benzene rings is 2. The molecule has 0 spiro atoms. The molecule has 6 nitrogen and oxygen atoms in total. The Balaban J connectivity index is 1.97. The molecule has 2 N–H and O–H groups in total. The van der Waals surface area contributed by atoms with Gasteiger partial charge < -0.3 is 19.8 Å². The number of methoxy groups -OCH3 is 1. The number of halogens is 1. The number of amides is 2. The molecule has 0 unspecified atom stereocenters. The van der Waals surface area contributed by atoms with Crippen molar-refractivity contribution in [2.75, 3.05) is 17.7 Å². The lowest BCUT2D eigenvalue weighted by molar-refractivity contribution is -0.114. The fraction of sp³-hybridized carbons (Fsp3) is 0.158. The van der Waals surface area contributed by atoms with E-state index in [0.29, 0.717) is 22.7 Å². The van der Waals surface area contributed by atoms with Gasteiger partial charge >= 0.3 is 0 Å². The Hall–Kier alpha value is -2.80. The highest BCUT2D eigenvalue weighted by Gasteiger charge is 2.19. The van der Waals surface area contributed by atoms with E-state index in [0.717, 1.165) is 15.4 Å². The van der Waals surface area contributed by atoms with Gasteiger partial charge in [-0.3, -0.25) is 9.59 Å². The van der Waals surface area contributed by atoms with Gasteiger partial charge in [-0.1, -0.05) is 15.9 Å². The minimum atomic E-state index is -0.408. The molecule has 1 heterocycles. The number of anilines is 2. The lowest BCUT2D eigenvalue weighted by Gasteiger charge is -2.12. The zero-order chi connectivity index (χ0) is 18.8. The van der Waals surface area contributed by atoms with Gasteiger partial charge in [0.25, 0.3) is 5.91 Å². The fourth-order valence-corrected chi connectivity index (χ4v) is 3.00. The van der Waals surface area contributed by atoms with Crippen molar-refractivity contribution in [3.8, 4) is 5.75 Å². The van der Waals surface area contributed by atoms with E-state index in [9.17, 15) is 9.59 Å². The number of hydrogen-bond donors (Lipinski definition) is 2. The summed E-state index contributed by atoms with van der Waals surface area (Å²) in [6, 6.07) is 10.6. The first-order chi connectivity index (χ1) is 12.4. The minimum Gasteiger partial charge on any atom is -0.497 e. The summed E-state index contributed by atoms with van der Waals surface area (Å²) in [5.74, 6) is 0.125. The van der Waals surface area contributed by atoms with E-state index in [1.54, 1.807) is 24.3 Å². The van der Waals surface area contributed by atoms with Crippen molar-refractivity contribution in [3.05, 3.63) is 52.2 Å². The van der Waals surface area contributed by atoms with Crippen LogP contribution in [-0.2, 0) is 4.79 Å². The summed E-state index contributed by atoms with van der Waals surface area (Å²) in [7, 11) is 1.53. The largest absolute Gasteiger partial charge is 0.497 e. The number of furan rings is 1. The van der Waals surface area contributed by atoms with Gasteiger partial charge in [-0.05, 0) is 37.3 Å². The number of carbonyl (C=O) groups is 2. The molecular weight excluding hydrogens is 400 g/mol. The maximum absolute atomic E-state index is 12.8. The molecule has 1 aromatic heterocycles. The molecule has 2 aromatic carbocycles. The highest BCUT2D eigenvalue weighted by Crippen LogP contribution is 2.31. The SMILES string of the molecule is COc1ccc(NC(C)=O)c(NC(=O)c2oc3ccc(Br)cc3c2C)c1. The van der Waals surface area contributed by atoms with Gasteiger partial charge in [0.2, 0.25) is 5.91 Å². The molecule has 0 aliphatic rings. The maximum Gasteiger partial charge on any atom is 0.291 e. The van der Waals surface area contributed by atoms with E-state index >= 15 is 0 Å². The second-order valence-corrected chi connectivity index (χ2v) is 6.66. The summed E-state index contributed by atoms with van der Waals surface area (Å²) in [5, 5.41) is 6.33. The first-order valence-electron chi connectivity index (χ1n) is 7.84. The summed E-state index contributed by atoms with van der Waals surface area (Å²) >= 11 is 3.42. The number of rotatable bonds is 4. The van der Waals surface area contributed by atoms with Crippen molar-refractivity contribution in [2.24, 2.45) is 0 Å². The van der Waals surface area contributed by atoms with Gasteiger partial charge in [0.15, 0.2) is 5.76 Å². The van der Waals surface area contributed by atoms with Crippen LogP contribution in [0.3, 0.4) is 0 Å². The summed E-state index contributed by atoms with van der Waals surface area (Å²) in [6.45, 7) is 3.23. The minimum absolute atomic E-state index is 0.217. The van der Waals surface area contributed by atoms with Gasteiger partial charge in [0.05, 0.1) is 18.5 Å². The monoisotopic (exact) mass is 416 g/mol. The molecular formula is C19H17BrN2O4. The van der Waals surface area contributed by atoms with Crippen molar-refractivity contribution in [1.82, 2.24) is 0 Å². The van der Waals surface area contributed by atoms with E-state index in [1.807, 2.05) is 19.1 Å². The van der Waals surface area contributed by atoms with Crippen molar-refractivity contribution < 1.29 is 18.7 Å². The quantitative estimate of drug-likeness (QED) is 0.644. The molecule has 3 aromatic rings. The van der Waals surface area contributed by atoms with Gasteiger partial charge in [-0.15, -0.1) is 0 Å². The van der Waals surface area contributed by atoms with Gasteiger partial charge in [-0.2, -0.15) is 0 Å². The first-order valence-corrected chi connectivity index (χ1v) is 8.64. The molecule has 0 saturated carbocycles. The number of fused-ring (bicyclic) bond motifs is 1. The third-order valence-corrected chi connectivity index (χ3v) is 4.38. The topological polar surface area (TPSA) is 80.6 Å². The normalized spacial score (nSPS) is 10.6. The predicted octanol–water partition coefficient (Wildman–Crippen LogP) is 4.72. The molecule has 0 aliphatic heterocycles. The van der Waals surface area contributed by atoms with E-state index in [-0.39, 0.29) is 11.7 Å². The predicted molar refractivity (Wildman–Crippen MR) is 104 cm³/mol. The average molecular weight is 417 g/mol. The Morgan fingerprint density at radius 2 is 1.85 bits per heavy atom. The molecule has 0 saturated heterocycles. The Morgan fingerprint density at radius 3 is 2.54 bits per heavy atom. The lowest BCUT2D eigenvalue weighted by atomic mass is 10.1. The van der Waals surface area contributed by atoms with Crippen LogP contribution in [0.25, 0.3) is 11.0 Å². The molecule has 0 atom stereocenters. The van der Waals surface area contributed by atoms with E-state index in [4.69, 9.17) is 9.15 Å². The molecule has 0 fully saturated rings. The van der Waals surface area contributed by atoms with E-state index < -0.39 is 5.91 Å². The fourth-order valence-electron chi connectivity index (χ4n) is 2.64. The second-order valence-electron chi connectivity index (χ2n) is 5.74. The van der Waals surface area contributed by atoms with Crippen LogP contribution in [-0.4, -0.2) is 18.9 Å². The van der Waals surface area contributed by atoms with Crippen LogP contribution in [0.15, 0.2) is 45.3 Å². The van der Waals surface area contributed by atoms with Crippen LogP contribution in [0.1, 0.15) is 23.0 Å². The number of aryl methyl sites for hydroxylation is 1. The Bertz CT molecular complexity index is 1010. The summed E-state index contributed by atoms with van der Waals surface area (Å²) in [6.07, 6.45) is 0. The Labute approximate surface area is 158 Å². The van der Waals surface area contributed by atoms with Gasteiger partial charge in [-0.25, -0.2) is 0 Å². The third kappa shape index (κ3) is 3.57. The molecule has 0 radical (unpaired) electrons. The van der Waals surface area contributed by atoms with E-state index in [2.05, 4.69) is 26.6 Å². The van der Waals surface area contributed by atoms with Crippen LogP contribution >= 0.6 is 15.9 Å². The van der Waals surface area contributed by atoms with Gasteiger partial charge in [0.1, 0.15) is 11.3 Å². The molecule has 7 heteroatoms. The van der Waals surface area contributed by atoms with Crippen LogP contribution in [0, 0.1) is 6.92 Å². The van der Waals surface area contributed by atoms with Crippen LogP contribution in [0.4, 0.5) is 11.4 Å². The molecule has 134 valence electrons. The smallest absolute Gasteiger partial charge is 0.291 e. The molecule has 3 rings (SSSR count). The number of carbonyl (C=O) groups excluding carboxylic acids is 2. The van der Waals surface area contributed by atoms with Crippen molar-refractivity contribution >= 4 is 50.1 Å². The van der Waals surface area contributed by atoms with Crippen molar-refractivity contribution in [3.63, 3.8) is 0 Å². The number of nitrogens with one attached hydrogen (secondary N) is 2. The van der Waals surface area contributed by atoms with Crippen LogP contribution in [0.2, 0.25) is 0 Å². The molecule has 0 aliphatic carbocycles. The maximum atomic E-state index is 12.8. The average Bonchev–Trinajstić information content (AvgIpc) is 2.92. The molecule has 26 heavy (non-hydrogen) atoms. The van der Waals surface area contributed by atoms with Gasteiger partial charge in [0, 0.05) is 28.4 Å². The highest BCUT2D eigenvalue weighted by molar-refractivity contribution is 9.10. The van der Waals surface area contributed by atoms with Crippen molar-refractivity contribution in [2.45, 2.75) is 13.8 Å². The van der Waals surface area contributed by atoms with E-state index in [1.165, 1.54) is 14.0 Å². The van der Waals surface area contributed by atoms with Crippen molar-refractivity contribution in [1.29, 1.82) is 0 Å². The number of hydrogen-bond acceptors (Lipinski definition) is 4.